The molecule has 0 saturated carbocycles. The standard InChI is InChI=1S/C22H34N4O3.HI/c1-16-6-10-25(11-7-16)22(23)24-9-4-5-21(27)26-12-8-17-13-19(28-2)20(29-3)14-18(17)15-26;/h13-14,16H,4-12,15H2,1-3H3,(H2,23,24);1H. The summed E-state index contributed by atoms with van der Waals surface area (Å²) in [5.74, 6) is 3.01. The SMILES string of the molecule is COc1cc2c(cc1OC)CN(C(=O)CCCN=C(N)N1CCC(C)CC1)CC2.I. The van der Waals surface area contributed by atoms with Gasteiger partial charge in [-0.25, -0.2) is 0 Å². The molecule has 30 heavy (non-hydrogen) atoms. The minimum atomic E-state index is 0. The first-order chi connectivity index (χ1) is 14.0. The average Bonchev–Trinajstić information content (AvgIpc) is 2.75. The van der Waals surface area contributed by atoms with Crippen LogP contribution in [0.2, 0.25) is 0 Å². The van der Waals surface area contributed by atoms with E-state index in [9.17, 15) is 4.79 Å². The number of carbonyl (C=O) groups is 1. The predicted molar refractivity (Wildman–Crippen MR) is 130 cm³/mol. The fraction of sp³-hybridized carbons (Fsp3) is 0.636. The molecule has 0 bridgehead atoms. The molecule has 0 aromatic heterocycles. The molecule has 2 aliphatic rings. The molecule has 2 aliphatic heterocycles. The summed E-state index contributed by atoms with van der Waals surface area (Å²) in [5.41, 5.74) is 8.47. The molecule has 1 saturated heterocycles. The van der Waals surface area contributed by atoms with Gasteiger partial charge in [0, 0.05) is 39.1 Å². The fourth-order valence-electron chi connectivity index (χ4n) is 4.02. The number of nitrogens with zero attached hydrogens (tertiary/aromatic N) is 3. The molecular formula is C22H35IN4O3. The van der Waals surface area contributed by atoms with E-state index < -0.39 is 0 Å². The first kappa shape index (κ1) is 24.6. The van der Waals surface area contributed by atoms with Gasteiger partial charge >= 0.3 is 0 Å². The summed E-state index contributed by atoms with van der Waals surface area (Å²) in [4.78, 5) is 21.2. The summed E-state index contributed by atoms with van der Waals surface area (Å²) in [6.07, 6.45) is 4.39. The minimum Gasteiger partial charge on any atom is -0.493 e. The van der Waals surface area contributed by atoms with E-state index in [1.807, 2.05) is 17.0 Å². The summed E-state index contributed by atoms with van der Waals surface area (Å²) < 4.78 is 10.8. The van der Waals surface area contributed by atoms with E-state index in [0.717, 1.165) is 49.7 Å². The number of methoxy groups -OCH3 is 2. The van der Waals surface area contributed by atoms with E-state index in [4.69, 9.17) is 15.2 Å². The molecular weight excluding hydrogens is 495 g/mol. The molecule has 0 radical (unpaired) electrons. The van der Waals surface area contributed by atoms with Crippen molar-refractivity contribution in [3.8, 4) is 11.5 Å². The number of benzene rings is 1. The quantitative estimate of drug-likeness (QED) is 0.265. The molecule has 1 aromatic carbocycles. The van der Waals surface area contributed by atoms with Crippen LogP contribution in [0.25, 0.3) is 0 Å². The zero-order valence-corrected chi connectivity index (χ0v) is 20.7. The van der Waals surface area contributed by atoms with Crippen LogP contribution in [-0.2, 0) is 17.8 Å². The molecule has 168 valence electrons. The molecule has 0 atom stereocenters. The highest BCUT2D eigenvalue weighted by molar-refractivity contribution is 14.0. The van der Waals surface area contributed by atoms with Crippen molar-refractivity contribution in [3.05, 3.63) is 23.3 Å². The Morgan fingerprint density at radius 1 is 1.10 bits per heavy atom. The Kier molecular flexibility index (Phi) is 9.51. The third kappa shape index (κ3) is 6.15. The van der Waals surface area contributed by atoms with Gasteiger partial charge in [-0.1, -0.05) is 6.92 Å². The normalized spacial score (nSPS) is 17.2. The van der Waals surface area contributed by atoms with Crippen LogP contribution in [0.4, 0.5) is 0 Å². The van der Waals surface area contributed by atoms with Gasteiger partial charge in [0.15, 0.2) is 17.5 Å². The van der Waals surface area contributed by atoms with Crippen molar-refractivity contribution >= 4 is 35.8 Å². The summed E-state index contributed by atoms with van der Waals surface area (Å²) >= 11 is 0. The minimum absolute atomic E-state index is 0. The van der Waals surface area contributed by atoms with Crippen molar-refractivity contribution in [1.82, 2.24) is 9.80 Å². The van der Waals surface area contributed by atoms with Gasteiger partial charge in [0.25, 0.3) is 0 Å². The molecule has 7 nitrogen and oxygen atoms in total. The molecule has 0 unspecified atom stereocenters. The monoisotopic (exact) mass is 530 g/mol. The van der Waals surface area contributed by atoms with E-state index in [1.54, 1.807) is 14.2 Å². The van der Waals surface area contributed by atoms with Gasteiger partial charge in [-0.15, -0.1) is 24.0 Å². The first-order valence-corrected chi connectivity index (χ1v) is 10.6. The van der Waals surface area contributed by atoms with Gasteiger partial charge in [-0.05, 0) is 54.9 Å². The number of ether oxygens (including phenoxy) is 2. The Balaban J connectivity index is 0.00000320. The summed E-state index contributed by atoms with van der Waals surface area (Å²) in [6.45, 7) is 6.19. The maximum absolute atomic E-state index is 12.6. The van der Waals surface area contributed by atoms with E-state index >= 15 is 0 Å². The number of guanidine groups is 1. The largest absolute Gasteiger partial charge is 0.493 e. The Labute approximate surface area is 197 Å². The van der Waals surface area contributed by atoms with Crippen LogP contribution in [0.3, 0.4) is 0 Å². The number of rotatable bonds is 6. The second kappa shape index (κ2) is 11.6. The van der Waals surface area contributed by atoms with Crippen LogP contribution in [0.1, 0.15) is 43.7 Å². The summed E-state index contributed by atoms with van der Waals surface area (Å²) in [7, 11) is 3.27. The lowest BCUT2D eigenvalue weighted by atomic mass is 9.98. The van der Waals surface area contributed by atoms with Crippen molar-refractivity contribution in [2.24, 2.45) is 16.6 Å². The predicted octanol–water partition coefficient (Wildman–Crippen LogP) is 3.03. The molecule has 2 N–H and O–H groups in total. The second-order valence-electron chi connectivity index (χ2n) is 8.05. The molecule has 1 fully saturated rings. The number of fused-ring (bicyclic) bond motifs is 1. The third-order valence-corrected chi connectivity index (χ3v) is 6.00. The van der Waals surface area contributed by atoms with E-state index in [1.165, 1.54) is 18.4 Å². The highest BCUT2D eigenvalue weighted by atomic mass is 127. The highest BCUT2D eigenvalue weighted by Crippen LogP contribution is 2.33. The molecule has 3 rings (SSSR count). The number of nitrogens with two attached hydrogens (primary N) is 1. The van der Waals surface area contributed by atoms with Gasteiger partial charge in [0.05, 0.1) is 14.2 Å². The number of hydrogen-bond donors (Lipinski definition) is 1. The molecule has 8 heteroatoms. The van der Waals surface area contributed by atoms with Crippen molar-refractivity contribution in [1.29, 1.82) is 0 Å². The lowest BCUT2D eigenvalue weighted by Gasteiger charge is -2.31. The zero-order valence-electron chi connectivity index (χ0n) is 18.4. The van der Waals surface area contributed by atoms with Crippen LogP contribution in [0.5, 0.6) is 11.5 Å². The van der Waals surface area contributed by atoms with Crippen LogP contribution >= 0.6 is 24.0 Å². The maximum Gasteiger partial charge on any atom is 0.222 e. The number of aliphatic imine (C=N–C) groups is 1. The van der Waals surface area contributed by atoms with Gasteiger partial charge in [-0.2, -0.15) is 0 Å². The number of halogens is 1. The Bertz CT molecular complexity index is 748. The van der Waals surface area contributed by atoms with Gasteiger partial charge < -0.3 is 25.0 Å². The number of hydrogen-bond acceptors (Lipinski definition) is 4. The maximum atomic E-state index is 12.6. The Morgan fingerprint density at radius 3 is 2.37 bits per heavy atom. The number of likely N-dealkylation sites (tertiary alicyclic amines) is 1. The molecule has 2 heterocycles. The number of carbonyl (C=O) groups excluding carboxylic acids is 1. The second-order valence-corrected chi connectivity index (χ2v) is 8.05. The third-order valence-electron chi connectivity index (χ3n) is 6.00. The Morgan fingerprint density at radius 2 is 1.73 bits per heavy atom. The molecule has 1 amide bonds. The van der Waals surface area contributed by atoms with Crippen LogP contribution in [-0.4, -0.2) is 62.1 Å². The van der Waals surface area contributed by atoms with Crippen LogP contribution in [0, 0.1) is 5.92 Å². The highest BCUT2D eigenvalue weighted by Gasteiger charge is 2.22. The fourth-order valence-corrected chi connectivity index (χ4v) is 4.02. The van der Waals surface area contributed by atoms with Crippen LogP contribution in [0.15, 0.2) is 17.1 Å². The lowest BCUT2D eigenvalue weighted by molar-refractivity contribution is -0.132. The average molecular weight is 530 g/mol. The van der Waals surface area contributed by atoms with E-state index in [0.29, 0.717) is 31.2 Å². The number of piperidine rings is 1. The number of amides is 1. The molecule has 0 aliphatic carbocycles. The van der Waals surface area contributed by atoms with Crippen molar-refractivity contribution in [2.75, 3.05) is 40.4 Å². The zero-order chi connectivity index (χ0) is 20.8. The van der Waals surface area contributed by atoms with Gasteiger partial charge in [0.2, 0.25) is 5.91 Å². The lowest BCUT2D eigenvalue weighted by Crippen LogP contribution is -2.42. The van der Waals surface area contributed by atoms with Gasteiger partial charge in [-0.3, -0.25) is 9.79 Å². The van der Waals surface area contributed by atoms with Crippen LogP contribution < -0.4 is 15.2 Å². The first-order valence-electron chi connectivity index (χ1n) is 10.6. The van der Waals surface area contributed by atoms with Crippen molar-refractivity contribution in [2.45, 2.75) is 45.6 Å². The molecule has 1 aromatic rings. The van der Waals surface area contributed by atoms with E-state index in [-0.39, 0.29) is 29.9 Å². The topological polar surface area (TPSA) is 80.4 Å². The Hall–Kier alpha value is -1.71. The molecule has 0 spiro atoms. The van der Waals surface area contributed by atoms with E-state index in [2.05, 4.69) is 16.8 Å². The summed E-state index contributed by atoms with van der Waals surface area (Å²) in [6, 6.07) is 4.01. The summed E-state index contributed by atoms with van der Waals surface area (Å²) in [5, 5.41) is 0. The smallest absolute Gasteiger partial charge is 0.222 e. The van der Waals surface area contributed by atoms with Gasteiger partial charge in [0.1, 0.15) is 0 Å². The van der Waals surface area contributed by atoms with Crippen molar-refractivity contribution in [3.63, 3.8) is 0 Å². The van der Waals surface area contributed by atoms with Crippen molar-refractivity contribution < 1.29 is 14.3 Å².